The maximum atomic E-state index is 13.8. The van der Waals surface area contributed by atoms with Crippen molar-refractivity contribution in [3.05, 3.63) is 57.0 Å². The molecular formula is C13H9BrClF2NOS. The predicted octanol–water partition coefficient (Wildman–Crippen LogP) is 4.27. The van der Waals surface area contributed by atoms with Gasteiger partial charge in [-0.05, 0) is 46.3 Å². The second-order valence-electron chi connectivity index (χ2n) is 3.99. The van der Waals surface area contributed by atoms with Crippen LogP contribution in [0.4, 0.5) is 14.5 Å². The molecule has 0 aromatic heterocycles. The molecule has 2 rings (SSSR count). The zero-order valence-electron chi connectivity index (χ0n) is 10.00. The molecule has 2 N–H and O–H groups in total. The second-order valence-corrected chi connectivity index (χ2v) is 6.70. The molecule has 0 fully saturated rings. The highest BCUT2D eigenvalue weighted by molar-refractivity contribution is 9.10. The lowest BCUT2D eigenvalue weighted by Gasteiger charge is -2.09. The minimum Gasteiger partial charge on any atom is -0.398 e. The van der Waals surface area contributed by atoms with Gasteiger partial charge in [0.25, 0.3) is 0 Å². The average molecular weight is 381 g/mol. The van der Waals surface area contributed by atoms with Crippen LogP contribution in [0.1, 0.15) is 5.56 Å². The first-order valence-electron chi connectivity index (χ1n) is 5.46. The smallest absolute Gasteiger partial charge is 0.144 e. The van der Waals surface area contributed by atoms with E-state index in [1.165, 1.54) is 24.3 Å². The van der Waals surface area contributed by atoms with Gasteiger partial charge in [-0.2, -0.15) is 0 Å². The predicted molar refractivity (Wildman–Crippen MR) is 80.0 cm³/mol. The standard InChI is InChI=1S/C13H9BrClF2NOS/c14-9-2-3-10(16)8(13(9)17)6-20(19)12-4-1-7(15)5-11(12)18/h1-5H,6,18H2. The summed E-state index contributed by atoms with van der Waals surface area (Å²) >= 11 is 8.72. The van der Waals surface area contributed by atoms with Crippen LogP contribution in [-0.4, -0.2) is 4.21 Å². The number of hydrogen-bond acceptors (Lipinski definition) is 2. The van der Waals surface area contributed by atoms with Crippen LogP contribution < -0.4 is 5.73 Å². The summed E-state index contributed by atoms with van der Waals surface area (Å²) < 4.78 is 39.8. The molecule has 0 amide bonds. The van der Waals surface area contributed by atoms with Gasteiger partial charge in [0.05, 0.1) is 25.9 Å². The van der Waals surface area contributed by atoms with Crippen LogP contribution in [0.5, 0.6) is 0 Å². The average Bonchev–Trinajstić information content (AvgIpc) is 2.39. The Hall–Kier alpha value is -0.980. The van der Waals surface area contributed by atoms with Crippen molar-refractivity contribution in [1.82, 2.24) is 0 Å². The summed E-state index contributed by atoms with van der Waals surface area (Å²) in [6.07, 6.45) is 0. The lowest BCUT2D eigenvalue weighted by molar-refractivity contribution is 0.560. The summed E-state index contributed by atoms with van der Waals surface area (Å²) in [7, 11) is -1.67. The van der Waals surface area contributed by atoms with Gasteiger partial charge in [0.15, 0.2) is 0 Å². The molecule has 0 heterocycles. The third kappa shape index (κ3) is 3.19. The third-order valence-corrected chi connectivity index (χ3v) is 4.89. The number of benzene rings is 2. The highest BCUT2D eigenvalue weighted by Crippen LogP contribution is 2.27. The first-order valence-corrected chi connectivity index (χ1v) is 7.95. The highest BCUT2D eigenvalue weighted by atomic mass is 79.9. The Morgan fingerprint density at radius 1 is 1.25 bits per heavy atom. The molecule has 0 saturated carbocycles. The number of hydrogen-bond donors (Lipinski definition) is 1. The molecule has 7 heteroatoms. The van der Waals surface area contributed by atoms with Crippen LogP contribution in [-0.2, 0) is 16.6 Å². The van der Waals surface area contributed by atoms with Crippen LogP contribution >= 0.6 is 27.5 Å². The van der Waals surface area contributed by atoms with Gasteiger partial charge in [-0.1, -0.05) is 11.6 Å². The van der Waals surface area contributed by atoms with Crippen molar-refractivity contribution >= 4 is 44.0 Å². The largest absolute Gasteiger partial charge is 0.398 e. The van der Waals surface area contributed by atoms with Crippen molar-refractivity contribution in [3.8, 4) is 0 Å². The SMILES string of the molecule is Nc1cc(Cl)ccc1S(=O)Cc1c(F)ccc(Br)c1F. The summed E-state index contributed by atoms with van der Waals surface area (Å²) in [5.41, 5.74) is 5.69. The highest BCUT2D eigenvalue weighted by Gasteiger charge is 2.17. The van der Waals surface area contributed by atoms with Gasteiger partial charge >= 0.3 is 0 Å². The lowest BCUT2D eigenvalue weighted by Crippen LogP contribution is -2.05. The number of anilines is 1. The molecule has 2 aromatic carbocycles. The topological polar surface area (TPSA) is 43.1 Å². The van der Waals surface area contributed by atoms with E-state index in [9.17, 15) is 13.0 Å². The Kier molecular flexibility index (Phi) is 4.78. The number of rotatable bonds is 3. The Labute approximate surface area is 130 Å². The van der Waals surface area contributed by atoms with E-state index in [0.29, 0.717) is 9.92 Å². The minimum atomic E-state index is -1.67. The minimum absolute atomic E-state index is 0.120. The van der Waals surface area contributed by atoms with E-state index < -0.39 is 22.4 Å². The van der Waals surface area contributed by atoms with Crippen molar-refractivity contribution < 1.29 is 13.0 Å². The van der Waals surface area contributed by atoms with Crippen LogP contribution in [0.25, 0.3) is 0 Å². The second kappa shape index (κ2) is 6.20. The van der Waals surface area contributed by atoms with Gasteiger partial charge in [0, 0.05) is 16.3 Å². The molecule has 1 unspecified atom stereocenters. The van der Waals surface area contributed by atoms with Crippen LogP contribution in [0.15, 0.2) is 39.7 Å². The molecule has 1 atom stereocenters. The Morgan fingerprint density at radius 3 is 2.60 bits per heavy atom. The molecule has 0 saturated heterocycles. The molecule has 0 aliphatic heterocycles. The Bertz CT molecular complexity index is 696. The summed E-state index contributed by atoms with van der Waals surface area (Å²) in [4.78, 5) is 0.299. The van der Waals surface area contributed by atoms with Crippen LogP contribution in [0.2, 0.25) is 5.02 Å². The molecule has 0 aliphatic rings. The molecule has 2 nitrogen and oxygen atoms in total. The first-order chi connectivity index (χ1) is 9.40. The van der Waals surface area contributed by atoms with Gasteiger partial charge in [-0.3, -0.25) is 4.21 Å². The van der Waals surface area contributed by atoms with Gasteiger partial charge in [0.2, 0.25) is 0 Å². The maximum absolute atomic E-state index is 13.8. The monoisotopic (exact) mass is 379 g/mol. The molecule has 20 heavy (non-hydrogen) atoms. The van der Waals surface area contributed by atoms with Crippen molar-refractivity contribution in [1.29, 1.82) is 0 Å². The van der Waals surface area contributed by atoms with Crippen molar-refractivity contribution in [3.63, 3.8) is 0 Å². The fourth-order valence-corrected chi connectivity index (χ4v) is 3.41. The van der Waals surface area contributed by atoms with E-state index in [1.54, 1.807) is 0 Å². The maximum Gasteiger partial charge on any atom is 0.144 e. The first kappa shape index (κ1) is 15.4. The Morgan fingerprint density at radius 2 is 1.95 bits per heavy atom. The molecule has 0 radical (unpaired) electrons. The lowest BCUT2D eigenvalue weighted by atomic mass is 10.2. The van der Waals surface area contributed by atoms with E-state index in [2.05, 4.69) is 15.9 Å². The van der Waals surface area contributed by atoms with Gasteiger partial charge in [-0.15, -0.1) is 0 Å². The molecule has 0 spiro atoms. The summed E-state index contributed by atoms with van der Waals surface area (Å²) in [5, 5.41) is 0.406. The third-order valence-electron chi connectivity index (χ3n) is 2.63. The van der Waals surface area contributed by atoms with Gasteiger partial charge < -0.3 is 5.73 Å². The molecule has 2 aromatic rings. The summed E-state index contributed by atoms with van der Waals surface area (Å²) in [6.45, 7) is 0. The van der Waals surface area contributed by atoms with E-state index in [0.717, 1.165) is 6.07 Å². The van der Waals surface area contributed by atoms with Gasteiger partial charge in [-0.25, -0.2) is 8.78 Å². The fourth-order valence-electron chi connectivity index (χ4n) is 1.64. The normalized spacial score (nSPS) is 12.4. The van der Waals surface area contributed by atoms with E-state index in [1.807, 2.05) is 0 Å². The molecule has 0 aliphatic carbocycles. The number of nitrogens with two attached hydrogens (primary N) is 1. The molecule has 0 bridgehead atoms. The van der Waals surface area contributed by atoms with Crippen molar-refractivity contribution in [2.24, 2.45) is 0 Å². The number of nitrogen functional groups attached to an aromatic ring is 1. The zero-order valence-corrected chi connectivity index (χ0v) is 13.2. The summed E-state index contributed by atoms with van der Waals surface area (Å²) in [5.74, 6) is -1.80. The van der Waals surface area contributed by atoms with Gasteiger partial charge in [0.1, 0.15) is 11.6 Å². The fraction of sp³-hybridized carbons (Fsp3) is 0.0769. The molecule has 106 valence electrons. The zero-order chi connectivity index (χ0) is 14.9. The van der Waals surface area contributed by atoms with E-state index in [4.69, 9.17) is 17.3 Å². The van der Waals surface area contributed by atoms with Crippen molar-refractivity contribution in [2.75, 3.05) is 5.73 Å². The quantitative estimate of drug-likeness (QED) is 0.638. The molecular weight excluding hydrogens is 372 g/mol. The van der Waals surface area contributed by atoms with Crippen molar-refractivity contribution in [2.45, 2.75) is 10.6 Å². The van der Waals surface area contributed by atoms with Crippen LogP contribution in [0, 0.1) is 11.6 Å². The number of halogens is 4. The van der Waals surface area contributed by atoms with Crippen LogP contribution in [0.3, 0.4) is 0 Å². The van der Waals surface area contributed by atoms with E-state index >= 15 is 0 Å². The summed E-state index contributed by atoms with van der Waals surface area (Å²) in [6, 6.07) is 6.83. The Balaban J connectivity index is 2.35. The van der Waals surface area contributed by atoms with E-state index in [-0.39, 0.29) is 21.5 Å².